The first kappa shape index (κ1) is 17.9. The largest absolute Gasteiger partial charge is 0.480 e. The van der Waals surface area contributed by atoms with Gasteiger partial charge in [0.2, 0.25) is 15.9 Å². The van der Waals surface area contributed by atoms with Crippen LogP contribution in [0.5, 0.6) is 0 Å². The minimum absolute atomic E-state index is 0.186. The van der Waals surface area contributed by atoms with Crippen molar-refractivity contribution in [3.63, 3.8) is 0 Å². The highest BCUT2D eigenvalue weighted by atomic mass is 32.2. The first-order chi connectivity index (χ1) is 11.8. The molecule has 0 spiro atoms. The summed E-state index contributed by atoms with van der Waals surface area (Å²) in [5, 5.41) is 11.9. The Morgan fingerprint density at radius 2 is 1.72 bits per heavy atom. The Labute approximate surface area is 147 Å². The number of nitrogens with one attached hydrogen (secondary N) is 1. The number of amides is 1. The van der Waals surface area contributed by atoms with Crippen LogP contribution in [0.15, 0.2) is 29.2 Å². The Hall–Kier alpha value is -1.93. The lowest BCUT2D eigenvalue weighted by atomic mass is 10.0. The van der Waals surface area contributed by atoms with Crippen LogP contribution >= 0.6 is 0 Å². The highest BCUT2D eigenvalue weighted by Gasteiger charge is 2.57. The molecule has 0 radical (unpaired) electrons. The lowest BCUT2D eigenvalue weighted by Gasteiger charge is -2.32. The molecule has 1 aliphatic heterocycles. The molecule has 1 aromatic carbocycles. The fraction of sp³-hybridized carbons (Fsp3) is 0.529. The van der Waals surface area contributed by atoms with E-state index >= 15 is 0 Å². The van der Waals surface area contributed by atoms with E-state index in [1.165, 1.54) is 4.31 Å². The van der Waals surface area contributed by atoms with E-state index in [0.29, 0.717) is 38.8 Å². The number of carbonyl (C=O) groups is 2. The second-order valence-corrected chi connectivity index (χ2v) is 8.79. The van der Waals surface area contributed by atoms with Gasteiger partial charge >= 0.3 is 5.97 Å². The SMILES string of the molecule is Cc1ccc(S(=O)(=O)N2CCC(NC(=O)C3(C(=O)O)CC3)CC2)cc1. The lowest BCUT2D eigenvalue weighted by Crippen LogP contribution is -2.49. The van der Waals surface area contributed by atoms with Crippen molar-refractivity contribution < 1.29 is 23.1 Å². The van der Waals surface area contributed by atoms with Gasteiger partial charge in [-0.1, -0.05) is 17.7 Å². The highest BCUT2D eigenvalue weighted by Crippen LogP contribution is 2.46. The van der Waals surface area contributed by atoms with Gasteiger partial charge < -0.3 is 10.4 Å². The molecule has 136 valence electrons. The number of hydrogen-bond donors (Lipinski definition) is 2. The van der Waals surface area contributed by atoms with E-state index in [1.807, 2.05) is 6.92 Å². The number of carboxylic acids is 1. The van der Waals surface area contributed by atoms with E-state index in [2.05, 4.69) is 5.32 Å². The van der Waals surface area contributed by atoms with Gasteiger partial charge in [0.25, 0.3) is 0 Å². The molecule has 0 bridgehead atoms. The van der Waals surface area contributed by atoms with Crippen LogP contribution in [-0.4, -0.2) is 48.8 Å². The molecule has 2 N–H and O–H groups in total. The van der Waals surface area contributed by atoms with Crippen molar-refractivity contribution in [2.24, 2.45) is 5.41 Å². The van der Waals surface area contributed by atoms with Gasteiger partial charge in [-0.3, -0.25) is 9.59 Å². The summed E-state index contributed by atoms with van der Waals surface area (Å²) in [4.78, 5) is 23.6. The van der Waals surface area contributed by atoms with Crippen molar-refractivity contribution in [2.75, 3.05) is 13.1 Å². The minimum atomic E-state index is -3.53. The molecule has 25 heavy (non-hydrogen) atoms. The molecular weight excluding hydrogens is 344 g/mol. The van der Waals surface area contributed by atoms with Crippen molar-refractivity contribution in [1.29, 1.82) is 0 Å². The molecule has 1 amide bonds. The molecule has 2 fully saturated rings. The van der Waals surface area contributed by atoms with Crippen LogP contribution in [0.1, 0.15) is 31.2 Å². The Morgan fingerprint density at radius 3 is 2.20 bits per heavy atom. The number of sulfonamides is 1. The zero-order valence-electron chi connectivity index (χ0n) is 14.1. The van der Waals surface area contributed by atoms with Crippen LogP contribution in [-0.2, 0) is 19.6 Å². The Balaban J connectivity index is 1.59. The summed E-state index contributed by atoms with van der Waals surface area (Å²) in [6.45, 7) is 2.51. The second-order valence-electron chi connectivity index (χ2n) is 6.85. The number of aryl methyl sites for hydroxylation is 1. The smallest absolute Gasteiger partial charge is 0.319 e. The lowest BCUT2D eigenvalue weighted by molar-refractivity contribution is -0.149. The molecule has 7 nitrogen and oxygen atoms in total. The Kier molecular flexibility index (Phi) is 4.59. The van der Waals surface area contributed by atoms with E-state index < -0.39 is 27.3 Å². The number of benzene rings is 1. The van der Waals surface area contributed by atoms with Gasteiger partial charge in [0, 0.05) is 19.1 Å². The molecule has 3 rings (SSSR count). The van der Waals surface area contributed by atoms with Crippen LogP contribution in [0.3, 0.4) is 0 Å². The van der Waals surface area contributed by atoms with E-state index in [1.54, 1.807) is 24.3 Å². The third-order valence-electron chi connectivity index (χ3n) is 5.04. The van der Waals surface area contributed by atoms with Crippen molar-refractivity contribution in [2.45, 2.75) is 43.5 Å². The summed E-state index contributed by atoms with van der Waals surface area (Å²) < 4.78 is 26.7. The molecule has 0 unspecified atom stereocenters. The van der Waals surface area contributed by atoms with Crippen molar-refractivity contribution in [1.82, 2.24) is 9.62 Å². The number of aliphatic carboxylic acids is 1. The van der Waals surface area contributed by atoms with Crippen LogP contribution in [0.25, 0.3) is 0 Å². The summed E-state index contributed by atoms with van der Waals surface area (Å²) in [5.74, 6) is -1.52. The summed E-state index contributed by atoms with van der Waals surface area (Å²) in [6.07, 6.45) is 1.70. The highest BCUT2D eigenvalue weighted by molar-refractivity contribution is 7.89. The number of piperidine rings is 1. The third kappa shape index (κ3) is 3.41. The van der Waals surface area contributed by atoms with Gasteiger partial charge in [0.05, 0.1) is 4.90 Å². The Morgan fingerprint density at radius 1 is 1.16 bits per heavy atom. The number of carboxylic acid groups (broad SMARTS) is 1. The monoisotopic (exact) mass is 366 g/mol. The van der Waals surface area contributed by atoms with Crippen molar-refractivity contribution in [3.8, 4) is 0 Å². The molecule has 1 heterocycles. The molecule has 1 saturated heterocycles. The maximum absolute atomic E-state index is 12.6. The molecule has 1 saturated carbocycles. The van der Waals surface area contributed by atoms with Crippen LogP contribution in [0, 0.1) is 12.3 Å². The van der Waals surface area contributed by atoms with Gasteiger partial charge in [0.1, 0.15) is 5.41 Å². The average Bonchev–Trinajstić information content (AvgIpc) is 3.38. The minimum Gasteiger partial charge on any atom is -0.480 e. The fourth-order valence-electron chi connectivity index (χ4n) is 3.09. The number of carbonyl (C=O) groups excluding carboxylic acids is 1. The first-order valence-corrected chi connectivity index (χ1v) is 9.81. The van der Waals surface area contributed by atoms with Crippen LogP contribution in [0.2, 0.25) is 0 Å². The maximum atomic E-state index is 12.6. The molecule has 0 atom stereocenters. The summed E-state index contributed by atoms with van der Waals surface area (Å²) in [7, 11) is -3.53. The van der Waals surface area contributed by atoms with Gasteiger partial charge in [-0.25, -0.2) is 8.42 Å². The molecule has 2 aliphatic rings. The average molecular weight is 366 g/mol. The summed E-state index contributed by atoms with van der Waals surface area (Å²) in [5.41, 5.74) is -0.265. The van der Waals surface area contributed by atoms with Crippen LogP contribution < -0.4 is 5.32 Å². The molecule has 1 aromatic rings. The molecular formula is C17H22N2O5S. The van der Waals surface area contributed by atoms with E-state index in [4.69, 9.17) is 5.11 Å². The normalized spacial score (nSPS) is 20.8. The van der Waals surface area contributed by atoms with E-state index in [0.717, 1.165) is 5.56 Å². The molecule has 0 aromatic heterocycles. The van der Waals surface area contributed by atoms with Gasteiger partial charge in [-0.15, -0.1) is 0 Å². The predicted molar refractivity (Wildman–Crippen MR) is 90.4 cm³/mol. The number of rotatable bonds is 5. The topological polar surface area (TPSA) is 104 Å². The Bertz CT molecular complexity index is 776. The summed E-state index contributed by atoms with van der Waals surface area (Å²) >= 11 is 0. The maximum Gasteiger partial charge on any atom is 0.319 e. The van der Waals surface area contributed by atoms with E-state index in [9.17, 15) is 18.0 Å². The van der Waals surface area contributed by atoms with Crippen LogP contribution in [0.4, 0.5) is 0 Å². The van der Waals surface area contributed by atoms with E-state index in [-0.39, 0.29) is 10.9 Å². The summed E-state index contributed by atoms with van der Waals surface area (Å²) in [6, 6.07) is 6.54. The zero-order chi connectivity index (χ0) is 18.2. The van der Waals surface area contributed by atoms with Gasteiger partial charge in [-0.2, -0.15) is 4.31 Å². The first-order valence-electron chi connectivity index (χ1n) is 8.37. The van der Waals surface area contributed by atoms with Crippen molar-refractivity contribution in [3.05, 3.63) is 29.8 Å². The van der Waals surface area contributed by atoms with Gasteiger partial charge in [-0.05, 0) is 44.7 Å². The standard InChI is InChI=1S/C17H22N2O5S/c1-12-2-4-14(5-3-12)25(23,24)19-10-6-13(7-11-19)18-15(20)17(8-9-17)16(21)22/h2-5,13H,6-11H2,1H3,(H,18,20)(H,21,22). The number of hydrogen-bond acceptors (Lipinski definition) is 4. The van der Waals surface area contributed by atoms with Gasteiger partial charge in [0.15, 0.2) is 0 Å². The second kappa shape index (κ2) is 6.42. The fourth-order valence-corrected chi connectivity index (χ4v) is 4.56. The van der Waals surface area contributed by atoms with Crippen molar-refractivity contribution >= 4 is 21.9 Å². The molecule has 8 heteroatoms. The molecule has 1 aliphatic carbocycles. The third-order valence-corrected chi connectivity index (χ3v) is 6.95. The quantitative estimate of drug-likeness (QED) is 0.760. The zero-order valence-corrected chi connectivity index (χ0v) is 14.9. The number of nitrogens with zero attached hydrogens (tertiary/aromatic N) is 1. The predicted octanol–water partition coefficient (Wildman–Crippen LogP) is 1.13.